The number of methoxy groups -OCH3 is 1. The summed E-state index contributed by atoms with van der Waals surface area (Å²) in [6.07, 6.45) is 0. The number of rotatable bonds is 7. The van der Waals surface area contributed by atoms with Gasteiger partial charge < -0.3 is 14.8 Å². The molecule has 0 saturated carbocycles. The van der Waals surface area contributed by atoms with Gasteiger partial charge >= 0.3 is 0 Å². The highest BCUT2D eigenvalue weighted by molar-refractivity contribution is 5.28. The molecule has 0 amide bonds. The predicted molar refractivity (Wildman–Crippen MR) is 75.0 cm³/mol. The third-order valence-corrected chi connectivity index (χ3v) is 2.44. The highest BCUT2D eigenvalue weighted by Crippen LogP contribution is 2.14. The molecule has 0 atom stereocenters. The molecular weight excluding hydrogens is 226 g/mol. The molecule has 18 heavy (non-hydrogen) atoms. The Bertz CT molecular complexity index is 345. The summed E-state index contributed by atoms with van der Waals surface area (Å²) in [5, 5.41) is 3.46. The maximum Gasteiger partial charge on any atom is 0.119 e. The van der Waals surface area contributed by atoms with Crippen molar-refractivity contribution in [2.24, 2.45) is 5.41 Å². The smallest absolute Gasteiger partial charge is 0.119 e. The van der Waals surface area contributed by atoms with Gasteiger partial charge in [-0.05, 0) is 23.1 Å². The fourth-order valence-corrected chi connectivity index (χ4v) is 1.57. The monoisotopic (exact) mass is 251 g/mol. The van der Waals surface area contributed by atoms with Crippen LogP contribution in [0.15, 0.2) is 24.3 Å². The van der Waals surface area contributed by atoms with Gasteiger partial charge in [0, 0.05) is 20.2 Å². The summed E-state index contributed by atoms with van der Waals surface area (Å²) in [4.78, 5) is 0. The van der Waals surface area contributed by atoms with Crippen molar-refractivity contribution in [3.05, 3.63) is 29.8 Å². The maximum atomic E-state index is 5.58. The Morgan fingerprint density at radius 1 is 1.17 bits per heavy atom. The van der Waals surface area contributed by atoms with Crippen molar-refractivity contribution in [2.75, 3.05) is 26.9 Å². The third kappa shape index (κ3) is 6.62. The lowest BCUT2D eigenvalue weighted by atomic mass is 9.97. The Balaban J connectivity index is 2.39. The first-order chi connectivity index (χ1) is 8.51. The molecule has 102 valence electrons. The molecule has 0 heterocycles. The number of nitrogens with one attached hydrogen (secondary N) is 1. The standard InChI is InChI=1S/C15H25NO2/c1-15(2,3)12-16-11-13-6-5-7-14(10-13)18-9-8-17-4/h5-7,10,16H,8-9,11-12H2,1-4H3. The second-order valence-electron chi connectivity index (χ2n) is 5.65. The van der Waals surface area contributed by atoms with Crippen LogP contribution in [0.4, 0.5) is 0 Å². The van der Waals surface area contributed by atoms with Crippen molar-refractivity contribution in [3.8, 4) is 5.75 Å². The van der Waals surface area contributed by atoms with Gasteiger partial charge in [0.15, 0.2) is 0 Å². The van der Waals surface area contributed by atoms with Crippen LogP contribution in [-0.2, 0) is 11.3 Å². The highest BCUT2D eigenvalue weighted by Gasteiger charge is 2.08. The van der Waals surface area contributed by atoms with Gasteiger partial charge in [0.1, 0.15) is 12.4 Å². The summed E-state index contributed by atoms with van der Waals surface area (Å²) < 4.78 is 10.5. The van der Waals surface area contributed by atoms with Gasteiger partial charge in [-0.25, -0.2) is 0 Å². The molecule has 0 saturated heterocycles. The molecule has 0 radical (unpaired) electrons. The highest BCUT2D eigenvalue weighted by atomic mass is 16.5. The van der Waals surface area contributed by atoms with Crippen LogP contribution in [0.5, 0.6) is 5.75 Å². The fraction of sp³-hybridized carbons (Fsp3) is 0.600. The number of benzene rings is 1. The van der Waals surface area contributed by atoms with Crippen molar-refractivity contribution < 1.29 is 9.47 Å². The predicted octanol–water partition coefficient (Wildman–Crippen LogP) is 2.85. The van der Waals surface area contributed by atoms with Crippen molar-refractivity contribution in [1.82, 2.24) is 5.32 Å². The topological polar surface area (TPSA) is 30.5 Å². The average Bonchev–Trinajstić information content (AvgIpc) is 2.28. The summed E-state index contributed by atoms with van der Waals surface area (Å²) in [6, 6.07) is 8.18. The van der Waals surface area contributed by atoms with Crippen LogP contribution in [-0.4, -0.2) is 26.9 Å². The zero-order chi connectivity index (χ0) is 13.4. The second kappa shape index (κ2) is 7.39. The number of hydrogen-bond donors (Lipinski definition) is 1. The van der Waals surface area contributed by atoms with E-state index < -0.39 is 0 Å². The van der Waals surface area contributed by atoms with Crippen LogP contribution in [0.1, 0.15) is 26.3 Å². The van der Waals surface area contributed by atoms with Gasteiger partial charge in [-0.1, -0.05) is 32.9 Å². The Morgan fingerprint density at radius 3 is 2.61 bits per heavy atom. The molecule has 0 fully saturated rings. The zero-order valence-electron chi connectivity index (χ0n) is 12.0. The van der Waals surface area contributed by atoms with Gasteiger partial charge in [0.05, 0.1) is 6.61 Å². The molecule has 0 spiro atoms. The van der Waals surface area contributed by atoms with Crippen LogP contribution in [0.25, 0.3) is 0 Å². The molecule has 0 aromatic heterocycles. The molecule has 0 aliphatic heterocycles. The number of ether oxygens (including phenoxy) is 2. The first kappa shape index (κ1) is 15.0. The van der Waals surface area contributed by atoms with E-state index in [-0.39, 0.29) is 0 Å². The first-order valence-electron chi connectivity index (χ1n) is 6.43. The quantitative estimate of drug-likeness (QED) is 0.756. The van der Waals surface area contributed by atoms with Crippen LogP contribution < -0.4 is 10.1 Å². The maximum absolute atomic E-state index is 5.58. The normalized spacial score (nSPS) is 11.6. The van der Waals surface area contributed by atoms with Gasteiger partial charge in [0.25, 0.3) is 0 Å². The van der Waals surface area contributed by atoms with Gasteiger partial charge in [0.2, 0.25) is 0 Å². The third-order valence-electron chi connectivity index (χ3n) is 2.44. The van der Waals surface area contributed by atoms with E-state index in [4.69, 9.17) is 9.47 Å². The van der Waals surface area contributed by atoms with E-state index in [1.54, 1.807) is 7.11 Å². The van der Waals surface area contributed by atoms with Crippen molar-refractivity contribution in [2.45, 2.75) is 27.3 Å². The van der Waals surface area contributed by atoms with Crippen molar-refractivity contribution in [3.63, 3.8) is 0 Å². The molecule has 0 aliphatic rings. The minimum absolute atomic E-state index is 0.312. The molecular formula is C15H25NO2. The van der Waals surface area contributed by atoms with Gasteiger partial charge in [-0.2, -0.15) is 0 Å². The zero-order valence-corrected chi connectivity index (χ0v) is 12.0. The lowest BCUT2D eigenvalue weighted by Gasteiger charge is -2.18. The molecule has 1 aromatic carbocycles. The van der Waals surface area contributed by atoms with Crippen LogP contribution >= 0.6 is 0 Å². The molecule has 0 unspecified atom stereocenters. The minimum atomic E-state index is 0.312. The fourth-order valence-electron chi connectivity index (χ4n) is 1.57. The summed E-state index contributed by atoms with van der Waals surface area (Å²) in [7, 11) is 1.68. The first-order valence-corrected chi connectivity index (χ1v) is 6.43. The van der Waals surface area contributed by atoms with E-state index >= 15 is 0 Å². The Morgan fingerprint density at radius 2 is 1.94 bits per heavy atom. The molecule has 0 bridgehead atoms. The van der Waals surface area contributed by atoms with E-state index in [0.29, 0.717) is 18.6 Å². The molecule has 1 N–H and O–H groups in total. The van der Waals surface area contributed by atoms with Crippen molar-refractivity contribution in [1.29, 1.82) is 0 Å². The summed E-state index contributed by atoms with van der Waals surface area (Å²) in [5.41, 5.74) is 1.56. The van der Waals surface area contributed by atoms with Gasteiger partial charge in [-0.3, -0.25) is 0 Å². The molecule has 1 rings (SSSR count). The summed E-state index contributed by atoms with van der Waals surface area (Å²) in [5.74, 6) is 0.905. The van der Waals surface area contributed by atoms with Crippen LogP contribution in [0, 0.1) is 5.41 Å². The SMILES string of the molecule is COCCOc1cccc(CNCC(C)(C)C)c1. The summed E-state index contributed by atoms with van der Waals surface area (Å²) >= 11 is 0. The number of hydrogen-bond acceptors (Lipinski definition) is 3. The minimum Gasteiger partial charge on any atom is -0.491 e. The van der Waals surface area contributed by atoms with Crippen molar-refractivity contribution >= 4 is 0 Å². The molecule has 3 heteroatoms. The molecule has 1 aromatic rings. The van der Waals surface area contributed by atoms with E-state index in [0.717, 1.165) is 18.8 Å². The van der Waals surface area contributed by atoms with E-state index in [1.807, 2.05) is 12.1 Å². The Labute approximate surface area is 110 Å². The van der Waals surface area contributed by atoms with E-state index in [2.05, 4.69) is 38.2 Å². The van der Waals surface area contributed by atoms with Crippen LogP contribution in [0.2, 0.25) is 0 Å². The summed E-state index contributed by atoms with van der Waals surface area (Å²) in [6.45, 7) is 9.77. The second-order valence-corrected chi connectivity index (χ2v) is 5.65. The average molecular weight is 251 g/mol. The lowest BCUT2D eigenvalue weighted by Crippen LogP contribution is -2.26. The molecule has 0 aliphatic carbocycles. The largest absolute Gasteiger partial charge is 0.491 e. The van der Waals surface area contributed by atoms with Gasteiger partial charge in [-0.15, -0.1) is 0 Å². The lowest BCUT2D eigenvalue weighted by molar-refractivity contribution is 0.146. The van der Waals surface area contributed by atoms with E-state index in [9.17, 15) is 0 Å². The van der Waals surface area contributed by atoms with Crippen LogP contribution in [0.3, 0.4) is 0 Å². The molecule has 3 nitrogen and oxygen atoms in total. The Hall–Kier alpha value is -1.06. The Kier molecular flexibility index (Phi) is 6.16. The van der Waals surface area contributed by atoms with E-state index in [1.165, 1.54) is 5.56 Å².